The fourth-order valence-corrected chi connectivity index (χ4v) is 1.20. The van der Waals surface area contributed by atoms with Gasteiger partial charge >= 0.3 is 5.97 Å². The minimum absolute atomic E-state index is 0.180. The number of hydrogen-bond acceptors (Lipinski definition) is 4. The summed E-state index contributed by atoms with van der Waals surface area (Å²) in [6.07, 6.45) is 1.66. The second-order valence-electron chi connectivity index (χ2n) is 3.07. The highest BCUT2D eigenvalue weighted by molar-refractivity contribution is 6.33. The first-order valence-corrected chi connectivity index (χ1v) is 5.58. The largest absolute Gasteiger partial charge is 0.466 e. The monoisotopic (exact) mass is 254 g/mol. The van der Waals surface area contributed by atoms with E-state index in [0.29, 0.717) is 17.2 Å². The lowest BCUT2D eigenvalue weighted by atomic mass is 10.2. The molecule has 0 fully saturated rings. The molecule has 17 heavy (non-hydrogen) atoms. The third-order valence-electron chi connectivity index (χ3n) is 1.81. The molecule has 1 aromatic carbocycles. The molecule has 0 atom stereocenters. The van der Waals surface area contributed by atoms with Crippen molar-refractivity contribution < 1.29 is 14.4 Å². The number of esters is 1. The second kappa shape index (κ2) is 7.68. The summed E-state index contributed by atoms with van der Waals surface area (Å²) in [4.78, 5) is 15.9. The van der Waals surface area contributed by atoms with Crippen molar-refractivity contribution in [3.8, 4) is 0 Å². The molecule has 0 spiro atoms. The van der Waals surface area contributed by atoms with Crippen molar-refractivity contribution in [2.24, 2.45) is 5.16 Å². The summed E-state index contributed by atoms with van der Waals surface area (Å²) in [6, 6.07) is 7.99. The highest BCUT2D eigenvalue weighted by Crippen LogP contribution is 2.11. The molecule has 0 aliphatic carbocycles. The predicted molar refractivity (Wildman–Crippen MR) is 65.1 cm³/mol. The first-order chi connectivity index (χ1) is 8.24. The Morgan fingerprint density at radius 1 is 1.65 bits per heavy atom. The van der Waals surface area contributed by atoms with Crippen LogP contribution in [0.2, 0.25) is 5.02 Å². The molecular formula is C12H13ClNO3. The summed E-state index contributed by atoms with van der Waals surface area (Å²) in [6.45, 7) is 2.31. The van der Waals surface area contributed by atoms with Crippen LogP contribution in [0.3, 0.4) is 0 Å². The average Bonchev–Trinajstić information content (AvgIpc) is 2.31. The summed E-state index contributed by atoms with van der Waals surface area (Å²) in [5.74, 6) is -0.297. The quantitative estimate of drug-likeness (QED) is 0.339. The van der Waals surface area contributed by atoms with Crippen LogP contribution in [0, 0.1) is 6.07 Å². The van der Waals surface area contributed by atoms with Crippen molar-refractivity contribution in [3.63, 3.8) is 0 Å². The average molecular weight is 255 g/mol. The smallest absolute Gasteiger partial charge is 0.309 e. The number of carbonyl (C=O) groups excluding carboxylic acids is 1. The van der Waals surface area contributed by atoms with E-state index in [1.54, 1.807) is 25.1 Å². The van der Waals surface area contributed by atoms with Crippen molar-refractivity contribution >= 4 is 23.8 Å². The molecule has 0 saturated carbocycles. The van der Waals surface area contributed by atoms with Crippen molar-refractivity contribution in [2.75, 3.05) is 13.2 Å². The maximum absolute atomic E-state index is 11.0. The van der Waals surface area contributed by atoms with Gasteiger partial charge < -0.3 is 9.57 Å². The molecule has 5 heteroatoms. The predicted octanol–water partition coefficient (Wildman–Crippen LogP) is 2.44. The molecule has 0 aromatic heterocycles. The Labute approximate surface area is 105 Å². The minimum atomic E-state index is -0.297. The fourth-order valence-electron chi connectivity index (χ4n) is 1.03. The maximum Gasteiger partial charge on any atom is 0.309 e. The lowest BCUT2D eigenvalue weighted by Crippen LogP contribution is -2.06. The molecule has 0 unspecified atom stereocenters. The van der Waals surface area contributed by atoms with Gasteiger partial charge in [-0.3, -0.25) is 4.79 Å². The second-order valence-corrected chi connectivity index (χ2v) is 3.48. The number of oxime groups is 1. The van der Waals surface area contributed by atoms with Gasteiger partial charge in [0.1, 0.15) is 6.61 Å². The third-order valence-corrected chi connectivity index (χ3v) is 2.15. The Hall–Kier alpha value is -1.55. The molecule has 0 amide bonds. The van der Waals surface area contributed by atoms with Gasteiger partial charge in [0.2, 0.25) is 0 Å². The van der Waals surface area contributed by atoms with Gasteiger partial charge in [-0.2, -0.15) is 0 Å². The van der Waals surface area contributed by atoms with E-state index in [4.69, 9.17) is 21.2 Å². The van der Waals surface area contributed by atoms with Gasteiger partial charge in [-0.15, -0.1) is 0 Å². The van der Waals surface area contributed by atoms with Gasteiger partial charge in [0.05, 0.1) is 19.2 Å². The van der Waals surface area contributed by atoms with Crippen LogP contribution >= 0.6 is 11.6 Å². The molecule has 0 aliphatic rings. The van der Waals surface area contributed by atoms with E-state index in [2.05, 4.69) is 11.2 Å². The molecule has 0 N–H and O–H groups in total. The van der Waals surface area contributed by atoms with E-state index >= 15 is 0 Å². The number of benzene rings is 1. The highest BCUT2D eigenvalue weighted by atomic mass is 35.5. The topological polar surface area (TPSA) is 47.9 Å². The number of nitrogens with zero attached hydrogens (tertiary/aromatic N) is 1. The molecule has 1 aromatic rings. The fraction of sp³-hybridized carbons (Fsp3) is 0.333. The number of hydrogen-bond donors (Lipinski definition) is 0. The molecule has 0 aliphatic heterocycles. The van der Waals surface area contributed by atoms with Gasteiger partial charge in [-0.1, -0.05) is 22.8 Å². The summed E-state index contributed by atoms with van der Waals surface area (Å²) < 4.78 is 4.73. The van der Waals surface area contributed by atoms with Crippen LogP contribution in [0.25, 0.3) is 0 Å². The first-order valence-electron chi connectivity index (χ1n) is 5.20. The van der Waals surface area contributed by atoms with E-state index in [0.717, 1.165) is 0 Å². The summed E-state index contributed by atoms with van der Waals surface area (Å²) in [5, 5.41) is 4.27. The van der Waals surface area contributed by atoms with Gasteiger partial charge in [-0.25, -0.2) is 0 Å². The highest BCUT2D eigenvalue weighted by Gasteiger charge is 2.00. The van der Waals surface area contributed by atoms with Crippen LogP contribution in [0.5, 0.6) is 0 Å². The molecule has 1 rings (SSSR count). The van der Waals surface area contributed by atoms with E-state index in [-0.39, 0.29) is 19.0 Å². The van der Waals surface area contributed by atoms with Crippen LogP contribution in [-0.4, -0.2) is 25.4 Å². The zero-order valence-corrected chi connectivity index (χ0v) is 10.2. The summed E-state index contributed by atoms with van der Waals surface area (Å²) in [5.41, 5.74) is 0.713. The van der Waals surface area contributed by atoms with E-state index in [1.807, 2.05) is 0 Å². The first kappa shape index (κ1) is 13.5. The lowest BCUT2D eigenvalue weighted by molar-refractivity contribution is -0.144. The van der Waals surface area contributed by atoms with Crippen molar-refractivity contribution in [1.29, 1.82) is 0 Å². The van der Waals surface area contributed by atoms with Crippen LogP contribution in [0.1, 0.15) is 18.9 Å². The van der Waals surface area contributed by atoms with Gasteiger partial charge in [0.15, 0.2) is 0 Å². The van der Waals surface area contributed by atoms with E-state index in [9.17, 15) is 4.79 Å². The van der Waals surface area contributed by atoms with Crippen molar-refractivity contribution in [2.45, 2.75) is 13.3 Å². The standard InChI is InChI=1S/C12H13ClNO3/c1-2-16-12(15)7-8-17-14-9-10-5-3-4-6-11(10)13/h4-6,9H,2,7-8H2,1H3/b14-9+. The van der Waals surface area contributed by atoms with Crippen LogP contribution in [0.4, 0.5) is 0 Å². The van der Waals surface area contributed by atoms with Crippen molar-refractivity contribution in [3.05, 3.63) is 34.9 Å². The van der Waals surface area contributed by atoms with Gasteiger partial charge in [-0.05, 0) is 25.1 Å². The molecule has 4 nitrogen and oxygen atoms in total. The normalized spacial score (nSPS) is 10.5. The number of halogens is 1. The van der Waals surface area contributed by atoms with E-state index < -0.39 is 0 Å². The summed E-state index contributed by atoms with van der Waals surface area (Å²) >= 11 is 5.89. The molecule has 0 bridgehead atoms. The number of carbonyl (C=O) groups is 1. The molecule has 0 saturated heterocycles. The zero-order chi connectivity index (χ0) is 12.5. The Morgan fingerprint density at radius 3 is 3.18 bits per heavy atom. The molecule has 0 heterocycles. The Morgan fingerprint density at radius 2 is 2.47 bits per heavy atom. The van der Waals surface area contributed by atoms with Crippen molar-refractivity contribution in [1.82, 2.24) is 0 Å². The maximum atomic E-state index is 11.0. The molecule has 1 radical (unpaired) electrons. The number of ether oxygens (including phenoxy) is 1. The van der Waals surface area contributed by atoms with Gasteiger partial charge in [0, 0.05) is 10.6 Å². The summed E-state index contributed by atoms with van der Waals surface area (Å²) in [7, 11) is 0. The zero-order valence-electron chi connectivity index (χ0n) is 9.48. The Bertz CT molecular complexity index is 393. The van der Waals surface area contributed by atoms with Gasteiger partial charge in [0.25, 0.3) is 0 Å². The Kier molecular flexibility index (Phi) is 6.10. The SMILES string of the molecule is CCOC(=O)CCO/N=C/c1c[c]ccc1Cl. The van der Waals surface area contributed by atoms with E-state index in [1.165, 1.54) is 6.21 Å². The molecular weight excluding hydrogens is 242 g/mol. The Balaban J connectivity index is 2.27. The number of rotatable bonds is 6. The van der Waals surface area contributed by atoms with Crippen LogP contribution < -0.4 is 0 Å². The lowest BCUT2D eigenvalue weighted by Gasteiger charge is -2.00. The van der Waals surface area contributed by atoms with Crippen LogP contribution in [0.15, 0.2) is 23.4 Å². The minimum Gasteiger partial charge on any atom is -0.466 e. The third kappa shape index (κ3) is 5.36. The van der Waals surface area contributed by atoms with Crippen LogP contribution in [-0.2, 0) is 14.4 Å². The molecule has 91 valence electrons.